The van der Waals surface area contributed by atoms with Gasteiger partial charge in [-0.05, 0) is 18.9 Å². The zero-order chi connectivity index (χ0) is 8.27. The summed E-state index contributed by atoms with van der Waals surface area (Å²) in [6.45, 7) is 3.84. The standard InChI is InChI=1S/C7H14N2O2/c1-5-2-6(4-9-3-5)11-7(8)10/h5-6,9H,2-4H2,1H3,(H2,8,10)/t5-,6+/m1/s1. The van der Waals surface area contributed by atoms with Crippen LogP contribution in [0.2, 0.25) is 0 Å². The van der Waals surface area contributed by atoms with Gasteiger partial charge in [0.15, 0.2) is 0 Å². The lowest BCUT2D eigenvalue weighted by Gasteiger charge is -2.26. The van der Waals surface area contributed by atoms with Gasteiger partial charge in [0.2, 0.25) is 0 Å². The van der Waals surface area contributed by atoms with E-state index in [0.717, 1.165) is 19.5 Å². The van der Waals surface area contributed by atoms with E-state index in [-0.39, 0.29) is 6.10 Å². The summed E-state index contributed by atoms with van der Waals surface area (Å²) in [7, 11) is 0. The van der Waals surface area contributed by atoms with Crippen molar-refractivity contribution in [2.45, 2.75) is 19.4 Å². The summed E-state index contributed by atoms with van der Waals surface area (Å²) in [6.07, 6.45) is 0.206. The zero-order valence-corrected chi connectivity index (χ0v) is 6.67. The Morgan fingerprint density at radius 2 is 2.36 bits per heavy atom. The van der Waals surface area contributed by atoms with Gasteiger partial charge in [-0.2, -0.15) is 0 Å². The Balaban J connectivity index is 2.28. The Kier molecular flexibility index (Phi) is 2.70. The van der Waals surface area contributed by atoms with Crippen molar-refractivity contribution in [3.8, 4) is 0 Å². The molecule has 0 saturated carbocycles. The van der Waals surface area contributed by atoms with Crippen LogP contribution in [0.5, 0.6) is 0 Å². The Bertz CT molecular complexity index is 149. The van der Waals surface area contributed by atoms with Crippen molar-refractivity contribution in [2.75, 3.05) is 13.1 Å². The van der Waals surface area contributed by atoms with Crippen LogP contribution in [0.4, 0.5) is 4.79 Å². The molecule has 1 aliphatic heterocycles. The second kappa shape index (κ2) is 3.57. The first kappa shape index (κ1) is 8.33. The predicted octanol–water partition coefficient (Wildman–Crippen LogP) is 0.0797. The van der Waals surface area contributed by atoms with Crippen LogP contribution in [0.3, 0.4) is 0 Å². The number of hydrogen-bond donors (Lipinski definition) is 2. The first-order chi connectivity index (χ1) is 5.18. The number of rotatable bonds is 1. The van der Waals surface area contributed by atoms with Gasteiger partial charge in [-0.15, -0.1) is 0 Å². The lowest BCUT2D eigenvalue weighted by molar-refractivity contribution is 0.0778. The summed E-state index contributed by atoms with van der Waals surface area (Å²) in [6, 6.07) is 0. The number of ether oxygens (including phenoxy) is 1. The minimum Gasteiger partial charge on any atom is -0.445 e. The third-order valence-corrected chi connectivity index (χ3v) is 1.81. The van der Waals surface area contributed by atoms with Crippen molar-refractivity contribution in [1.29, 1.82) is 0 Å². The van der Waals surface area contributed by atoms with Crippen molar-refractivity contribution in [3.63, 3.8) is 0 Å². The molecular formula is C7H14N2O2. The van der Waals surface area contributed by atoms with E-state index in [2.05, 4.69) is 12.2 Å². The Morgan fingerprint density at radius 3 is 2.91 bits per heavy atom. The molecule has 0 radical (unpaired) electrons. The molecule has 1 fully saturated rings. The Labute approximate surface area is 66.1 Å². The monoisotopic (exact) mass is 158 g/mol. The lowest BCUT2D eigenvalue weighted by Crippen LogP contribution is -2.41. The maximum absolute atomic E-state index is 10.3. The molecule has 1 amide bonds. The molecule has 1 rings (SSSR count). The highest BCUT2D eigenvalue weighted by atomic mass is 16.6. The van der Waals surface area contributed by atoms with Crippen molar-refractivity contribution >= 4 is 6.09 Å². The van der Waals surface area contributed by atoms with Gasteiger partial charge in [0.1, 0.15) is 6.10 Å². The quantitative estimate of drug-likeness (QED) is 0.568. The fourth-order valence-corrected chi connectivity index (χ4v) is 1.36. The van der Waals surface area contributed by atoms with E-state index in [1.807, 2.05) is 0 Å². The van der Waals surface area contributed by atoms with E-state index in [0.29, 0.717) is 5.92 Å². The van der Waals surface area contributed by atoms with E-state index in [4.69, 9.17) is 10.5 Å². The number of nitrogens with two attached hydrogens (primary N) is 1. The largest absolute Gasteiger partial charge is 0.445 e. The molecule has 3 N–H and O–H groups in total. The van der Waals surface area contributed by atoms with E-state index in [1.54, 1.807) is 0 Å². The maximum atomic E-state index is 10.3. The third-order valence-electron chi connectivity index (χ3n) is 1.81. The zero-order valence-electron chi connectivity index (χ0n) is 6.67. The molecule has 1 aliphatic rings. The van der Waals surface area contributed by atoms with Gasteiger partial charge in [-0.25, -0.2) is 4.79 Å². The second-order valence-electron chi connectivity index (χ2n) is 3.06. The predicted molar refractivity (Wildman–Crippen MR) is 41.1 cm³/mol. The average molecular weight is 158 g/mol. The van der Waals surface area contributed by atoms with Crippen molar-refractivity contribution in [3.05, 3.63) is 0 Å². The van der Waals surface area contributed by atoms with Crippen molar-refractivity contribution < 1.29 is 9.53 Å². The minimum absolute atomic E-state index is 0.0313. The molecule has 2 atom stereocenters. The number of carbonyl (C=O) groups is 1. The topological polar surface area (TPSA) is 64.3 Å². The molecule has 0 aromatic carbocycles. The molecule has 0 aromatic rings. The highest BCUT2D eigenvalue weighted by molar-refractivity contribution is 5.64. The fourth-order valence-electron chi connectivity index (χ4n) is 1.36. The van der Waals surface area contributed by atoms with Gasteiger partial charge < -0.3 is 15.8 Å². The molecule has 64 valence electrons. The smallest absolute Gasteiger partial charge is 0.404 e. The molecule has 0 bridgehead atoms. The van der Waals surface area contributed by atoms with Gasteiger partial charge in [0.05, 0.1) is 0 Å². The first-order valence-electron chi connectivity index (χ1n) is 3.85. The molecule has 1 heterocycles. The van der Waals surface area contributed by atoms with Crippen LogP contribution in [-0.4, -0.2) is 25.3 Å². The third kappa shape index (κ3) is 2.76. The maximum Gasteiger partial charge on any atom is 0.404 e. The normalized spacial score (nSPS) is 31.4. The molecule has 0 unspecified atom stereocenters. The van der Waals surface area contributed by atoms with Crippen LogP contribution in [0.1, 0.15) is 13.3 Å². The van der Waals surface area contributed by atoms with Gasteiger partial charge in [-0.1, -0.05) is 6.92 Å². The van der Waals surface area contributed by atoms with Gasteiger partial charge >= 0.3 is 6.09 Å². The number of carbonyl (C=O) groups excluding carboxylic acids is 1. The van der Waals surface area contributed by atoms with Crippen molar-refractivity contribution in [2.24, 2.45) is 11.7 Å². The fraction of sp³-hybridized carbons (Fsp3) is 0.857. The van der Waals surface area contributed by atoms with Crippen molar-refractivity contribution in [1.82, 2.24) is 5.32 Å². The Hall–Kier alpha value is -0.770. The van der Waals surface area contributed by atoms with E-state index < -0.39 is 6.09 Å². The number of amides is 1. The summed E-state index contributed by atoms with van der Waals surface area (Å²) in [5, 5.41) is 3.16. The molecule has 0 aliphatic carbocycles. The number of primary amides is 1. The Morgan fingerprint density at radius 1 is 1.64 bits per heavy atom. The second-order valence-corrected chi connectivity index (χ2v) is 3.06. The van der Waals surface area contributed by atoms with Crippen LogP contribution in [0, 0.1) is 5.92 Å². The molecule has 0 aromatic heterocycles. The number of hydrogen-bond acceptors (Lipinski definition) is 3. The SMILES string of the molecule is C[C@H]1CNC[C@@H](OC(N)=O)C1. The number of nitrogens with one attached hydrogen (secondary N) is 1. The average Bonchev–Trinajstić information content (AvgIpc) is 1.85. The van der Waals surface area contributed by atoms with Crippen LogP contribution in [-0.2, 0) is 4.74 Å². The number of piperidine rings is 1. The highest BCUT2D eigenvalue weighted by Crippen LogP contribution is 2.11. The summed E-state index contributed by atoms with van der Waals surface area (Å²) >= 11 is 0. The molecule has 4 heteroatoms. The molecular weight excluding hydrogens is 144 g/mol. The summed E-state index contributed by atoms with van der Waals surface area (Å²) in [4.78, 5) is 10.3. The lowest BCUT2D eigenvalue weighted by atomic mass is 10.00. The van der Waals surface area contributed by atoms with Gasteiger partial charge in [-0.3, -0.25) is 0 Å². The van der Waals surface area contributed by atoms with Crippen LogP contribution >= 0.6 is 0 Å². The van der Waals surface area contributed by atoms with E-state index >= 15 is 0 Å². The van der Waals surface area contributed by atoms with E-state index in [1.165, 1.54) is 0 Å². The van der Waals surface area contributed by atoms with Crippen LogP contribution < -0.4 is 11.1 Å². The molecule has 0 spiro atoms. The van der Waals surface area contributed by atoms with Gasteiger partial charge in [0, 0.05) is 6.54 Å². The minimum atomic E-state index is -0.675. The summed E-state index contributed by atoms with van der Waals surface area (Å²) in [5.74, 6) is 0.563. The first-order valence-corrected chi connectivity index (χ1v) is 3.85. The molecule has 11 heavy (non-hydrogen) atoms. The summed E-state index contributed by atoms with van der Waals surface area (Å²) in [5.41, 5.74) is 4.88. The van der Waals surface area contributed by atoms with Crippen LogP contribution in [0.25, 0.3) is 0 Å². The molecule has 4 nitrogen and oxygen atoms in total. The summed E-state index contributed by atoms with van der Waals surface area (Å²) < 4.78 is 4.84. The van der Waals surface area contributed by atoms with Crippen LogP contribution in [0.15, 0.2) is 0 Å². The van der Waals surface area contributed by atoms with E-state index in [9.17, 15) is 4.79 Å². The highest BCUT2D eigenvalue weighted by Gasteiger charge is 2.20. The van der Waals surface area contributed by atoms with Gasteiger partial charge in [0.25, 0.3) is 0 Å². The molecule has 1 saturated heterocycles.